The van der Waals surface area contributed by atoms with Crippen molar-refractivity contribution < 1.29 is 0 Å². The molecule has 0 fully saturated rings. The van der Waals surface area contributed by atoms with E-state index in [1.807, 2.05) is 0 Å². The van der Waals surface area contributed by atoms with Crippen molar-refractivity contribution in [3.05, 3.63) is 34.9 Å². The van der Waals surface area contributed by atoms with Crippen molar-refractivity contribution >= 4 is 0 Å². The van der Waals surface area contributed by atoms with Crippen molar-refractivity contribution in [2.45, 2.75) is 64.8 Å². The van der Waals surface area contributed by atoms with E-state index in [-0.39, 0.29) is 0 Å². The summed E-state index contributed by atoms with van der Waals surface area (Å²) in [5.74, 6) is 0.681. The Kier molecular flexibility index (Phi) is 4.82. The summed E-state index contributed by atoms with van der Waals surface area (Å²) in [4.78, 5) is 0. The minimum absolute atomic E-state index is 0.580. The Hall–Kier alpha value is -0.820. The molecule has 1 nitrogen and oxygen atoms in total. The molecule has 0 saturated carbocycles. The molecule has 2 atom stereocenters. The number of nitrogens with one attached hydrogen (secondary N) is 1. The van der Waals surface area contributed by atoms with E-state index in [1.54, 1.807) is 11.1 Å². The van der Waals surface area contributed by atoms with Crippen molar-refractivity contribution in [3.8, 4) is 0 Å². The molecule has 1 aliphatic carbocycles. The van der Waals surface area contributed by atoms with Gasteiger partial charge in [-0.2, -0.15) is 0 Å². The summed E-state index contributed by atoms with van der Waals surface area (Å²) in [5, 5.41) is 3.66. The van der Waals surface area contributed by atoms with Gasteiger partial charge in [0.2, 0.25) is 0 Å². The molecule has 0 aromatic heterocycles. The average Bonchev–Trinajstić information content (AvgIpc) is 2.60. The zero-order valence-corrected chi connectivity index (χ0v) is 12.1. The van der Waals surface area contributed by atoms with Gasteiger partial charge in [-0.05, 0) is 54.8 Å². The van der Waals surface area contributed by atoms with Crippen LogP contribution in [0.3, 0.4) is 0 Å². The van der Waals surface area contributed by atoms with E-state index >= 15 is 0 Å². The first-order valence-corrected chi connectivity index (χ1v) is 7.62. The lowest BCUT2D eigenvalue weighted by Crippen LogP contribution is -2.21. The lowest BCUT2D eigenvalue weighted by Gasteiger charge is -2.21. The Balaban J connectivity index is 2.33. The third kappa shape index (κ3) is 2.95. The Bertz CT molecular complexity index is 383. The second-order valence-corrected chi connectivity index (χ2v) is 5.62. The summed E-state index contributed by atoms with van der Waals surface area (Å²) in [6.07, 6.45) is 6.48. The first-order valence-electron chi connectivity index (χ1n) is 7.62. The summed E-state index contributed by atoms with van der Waals surface area (Å²) in [5.41, 5.74) is 4.67. The van der Waals surface area contributed by atoms with Crippen molar-refractivity contribution in [1.29, 1.82) is 0 Å². The van der Waals surface area contributed by atoms with E-state index in [4.69, 9.17) is 0 Å². The first kappa shape index (κ1) is 13.6. The van der Waals surface area contributed by atoms with Crippen LogP contribution in [0.5, 0.6) is 0 Å². The fourth-order valence-corrected chi connectivity index (χ4v) is 2.99. The molecule has 0 amide bonds. The Labute approximate surface area is 112 Å². The molecule has 2 rings (SSSR count). The monoisotopic (exact) mass is 245 g/mol. The number of aryl methyl sites for hydroxylation is 1. The fraction of sp³-hybridized carbons (Fsp3) is 0.647. The van der Waals surface area contributed by atoms with E-state index in [9.17, 15) is 0 Å². The van der Waals surface area contributed by atoms with Crippen LogP contribution in [-0.4, -0.2) is 6.54 Å². The summed E-state index contributed by atoms with van der Waals surface area (Å²) >= 11 is 0. The van der Waals surface area contributed by atoms with Crippen molar-refractivity contribution in [2.24, 2.45) is 0 Å². The highest BCUT2D eigenvalue weighted by atomic mass is 14.9. The van der Waals surface area contributed by atoms with E-state index < -0.39 is 0 Å². The van der Waals surface area contributed by atoms with Gasteiger partial charge in [0.25, 0.3) is 0 Å². The molecule has 0 radical (unpaired) electrons. The van der Waals surface area contributed by atoms with Gasteiger partial charge >= 0.3 is 0 Å². The predicted molar refractivity (Wildman–Crippen MR) is 79.1 cm³/mol. The molecule has 1 aromatic carbocycles. The molecule has 0 heterocycles. The van der Waals surface area contributed by atoms with E-state index in [1.165, 1.54) is 37.7 Å². The van der Waals surface area contributed by atoms with E-state index in [0.717, 1.165) is 6.54 Å². The van der Waals surface area contributed by atoms with Crippen LogP contribution in [0, 0.1) is 0 Å². The standard InChI is InChI=1S/C17H27N/c1-4-13(3)15-11-10-14-8-6-7-9-17(18-5-2)16(14)12-15/h10-13,17-18H,4-9H2,1-3H3. The van der Waals surface area contributed by atoms with Crippen LogP contribution in [0.15, 0.2) is 18.2 Å². The quantitative estimate of drug-likeness (QED) is 0.766. The number of hydrogen-bond donors (Lipinski definition) is 1. The van der Waals surface area contributed by atoms with Gasteiger partial charge in [0, 0.05) is 6.04 Å². The van der Waals surface area contributed by atoms with Gasteiger partial charge in [-0.3, -0.25) is 0 Å². The molecule has 1 N–H and O–H groups in total. The largest absolute Gasteiger partial charge is 0.310 e. The second-order valence-electron chi connectivity index (χ2n) is 5.62. The third-order valence-electron chi connectivity index (χ3n) is 4.37. The van der Waals surface area contributed by atoms with E-state index in [2.05, 4.69) is 44.3 Å². The molecule has 0 spiro atoms. The number of hydrogen-bond acceptors (Lipinski definition) is 1. The maximum absolute atomic E-state index is 3.66. The molecule has 1 aromatic rings. The van der Waals surface area contributed by atoms with Crippen LogP contribution in [0.4, 0.5) is 0 Å². The molecule has 0 bridgehead atoms. The average molecular weight is 245 g/mol. The van der Waals surface area contributed by atoms with Crippen molar-refractivity contribution in [2.75, 3.05) is 6.54 Å². The zero-order valence-electron chi connectivity index (χ0n) is 12.1. The maximum atomic E-state index is 3.66. The minimum atomic E-state index is 0.580. The molecule has 0 aliphatic heterocycles. The molecular formula is C17H27N. The number of fused-ring (bicyclic) bond motifs is 1. The molecule has 18 heavy (non-hydrogen) atoms. The zero-order chi connectivity index (χ0) is 13.0. The van der Waals surface area contributed by atoms with Crippen LogP contribution in [-0.2, 0) is 6.42 Å². The first-order chi connectivity index (χ1) is 8.76. The SMILES string of the molecule is CCNC1CCCCc2ccc(C(C)CC)cc21. The Morgan fingerprint density at radius 3 is 2.83 bits per heavy atom. The highest BCUT2D eigenvalue weighted by molar-refractivity contribution is 5.36. The van der Waals surface area contributed by atoms with Crippen LogP contribution in [0.1, 0.15) is 75.1 Å². The molecule has 100 valence electrons. The predicted octanol–water partition coefficient (Wildman–Crippen LogP) is 4.58. The number of rotatable bonds is 4. The van der Waals surface area contributed by atoms with Gasteiger partial charge in [0.1, 0.15) is 0 Å². The second kappa shape index (κ2) is 6.38. The summed E-state index contributed by atoms with van der Waals surface area (Å²) in [6.45, 7) is 7.89. The van der Waals surface area contributed by atoms with Crippen LogP contribution in [0.2, 0.25) is 0 Å². The maximum Gasteiger partial charge on any atom is 0.0322 e. The smallest absolute Gasteiger partial charge is 0.0322 e. The Morgan fingerprint density at radius 1 is 1.28 bits per heavy atom. The van der Waals surface area contributed by atoms with Gasteiger partial charge in [-0.25, -0.2) is 0 Å². The van der Waals surface area contributed by atoms with Crippen LogP contribution in [0.25, 0.3) is 0 Å². The van der Waals surface area contributed by atoms with E-state index in [0.29, 0.717) is 12.0 Å². The molecule has 0 saturated heterocycles. The minimum Gasteiger partial charge on any atom is -0.310 e. The van der Waals surface area contributed by atoms with Crippen LogP contribution < -0.4 is 5.32 Å². The summed E-state index contributed by atoms with van der Waals surface area (Å²) in [7, 11) is 0. The molecule has 2 unspecified atom stereocenters. The normalized spacial score (nSPS) is 21.2. The third-order valence-corrected chi connectivity index (χ3v) is 4.37. The number of benzene rings is 1. The van der Waals surface area contributed by atoms with Crippen LogP contribution >= 0.6 is 0 Å². The van der Waals surface area contributed by atoms with Gasteiger partial charge in [0.15, 0.2) is 0 Å². The highest BCUT2D eigenvalue weighted by Crippen LogP contribution is 2.31. The highest BCUT2D eigenvalue weighted by Gasteiger charge is 2.18. The topological polar surface area (TPSA) is 12.0 Å². The summed E-state index contributed by atoms with van der Waals surface area (Å²) in [6, 6.07) is 7.78. The lowest BCUT2D eigenvalue weighted by molar-refractivity contribution is 0.503. The Morgan fingerprint density at radius 2 is 2.11 bits per heavy atom. The van der Waals surface area contributed by atoms with Crippen molar-refractivity contribution in [1.82, 2.24) is 5.32 Å². The fourth-order valence-electron chi connectivity index (χ4n) is 2.99. The summed E-state index contributed by atoms with van der Waals surface area (Å²) < 4.78 is 0. The lowest BCUT2D eigenvalue weighted by atomic mass is 9.91. The van der Waals surface area contributed by atoms with Gasteiger partial charge in [-0.1, -0.05) is 45.4 Å². The van der Waals surface area contributed by atoms with Gasteiger partial charge in [-0.15, -0.1) is 0 Å². The van der Waals surface area contributed by atoms with Crippen molar-refractivity contribution in [3.63, 3.8) is 0 Å². The molecule has 1 heteroatoms. The molecule has 1 aliphatic rings. The van der Waals surface area contributed by atoms with Gasteiger partial charge in [0.05, 0.1) is 0 Å². The van der Waals surface area contributed by atoms with Gasteiger partial charge < -0.3 is 5.32 Å². The molecular weight excluding hydrogens is 218 g/mol.